The van der Waals surface area contributed by atoms with Crippen molar-refractivity contribution in [3.05, 3.63) is 88.9 Å². The van der Waals surface area contributed by atoms with Crippen molar-refractivity contribution < 1.29 is 14.3 Å². The standard InChI is InChI=1S/C25H26ClN3O3/c1-18-7-9-19(10-8-18)24(30)27-15-4-16-29(22-11-13-23(32-2)14-12-22)25(31)28-21-6-3-5-20(26)17-21/h3,5-14,17H,4,15-16H2,1-2H3,(H,27,30)(H,28,31). The van der Waals surface area contributed by atoms with Gasteiger partial charge >= 0.3 is 6.03 Å². The number of rotatable bonds is 8. The predicted octanol–water partition coefficient (Wildman–Crippen LogP) is 5.52. The van der Waals surface area contributed by atoms with E-state index in [9.17, 15) is 9.59 Å². The quantitative estimate of drug-likeness (QED) is 0.443. The SMILES string of the molecule is COc1ccc(N(CCCNC(=O)c2ccc(C)cc2)C(=O)Nc2cccc(Cl)c2)cc1. The van der Waals surface area contributed by atoms with Gasteiger partial charge in [0.05, 0.1) is 7.11 Å². The Morgan fingerprint density at radius 3 is 2.38 bits per heavy atom. The Balaban J connectivity index is 1.64. The molecule has 7 heteroatoms. The van der Waals surface area contributed by atoms with E-state index in [1.54, 1.807) is 60.5 Å². The van der Waals surface area contributed by atoms with E-state index in [4.69, 9.17) is 16.3 Å². The second-order valence-corrected chi connectivity index (χ2v) is 7.70. The van der Waals surface area contributed by atoms with Crippen LogP contribution < -0.4 is 20.3 Å². The van der Waals surface area contributed by atoms with Gasteiger partial charge in [0.25, 0.3) is 5.91 Å². The molecule has 166 valence electrons. The van der Waals surface area contributed by atoms with Crippen molar-refractivity contribution in [3.8, 4) is 5.75 Å². The second kappa shape index (κ2) is 11.2. The van der Waals surface area contributed by atoms with Crippen molar-refractivity contribution in [2.45, 2.75) is 13.3 Å². The zero-order valence-corrected chi connectivity index (χ0v) is 18.9. The fraction of sp³-hybridized carbons (Fsp3) is 0.200. The number of carbonyl (C=O) groups excluding carboxylic acids is 2. The molecule has 0 atom stereocenters. The lowest BCUT2D eigenvalue weighted by Crippen LogP contribution is -2.37. The molecule has 0 saturated heterocycles. The van der Waals surface area contributed by atoms with E-state index < -0.39 is 0 Å². The summed E-state index contributed by atoms with van der Waals surface area (Å²) in [6, 6.07) is 21.3. The molecule has 0 spiro atoms. The molecule has 0 fully saturated rings. The maximum Gasteiger partial charge on any atom is 0.326 e. The van der Waals surface area contributed by atoms with Crippen molar-refractivity contribution in [2.24, 2.45) is 0 Å². The maximum atomic E-state index is 13.0. The number of ether oxygens (including phenoxy) is 1. The molecule has 3 rings (SSSR count). The molecule has 0 radical (unpaired) electrons. The monoisotopic (exact) mass is 451 g/mol. The third kappa shape index (κ3) is 6.49. The molecule has 0 aromatic heterocycles. The summed E-state index contributed by atoms with van der Waals surface area (Å²) in [5.41, 5.74) is 3.03. The summed E-state index contributed by atoms with van der Waals surface area (Å²) in [6.45, 7) is 2.82. The van der Waals surface area contributed by atoms with Gasteiger partial charge in [-0.15, -0.1) is 0 Å². The van der Waals surface area contributed by atoms with Crippen molar-refractivity contribution in [1.29, 1.82) is 0 Å². The van der Waals surface area contributed by atoms with Crippen LogP contribution in [0.3, 0.4) is 0 Å². The van der Waals surface area contributed by atoms with E-state index in [0.29, 0.717) is 41.5 Å². The molecule has 0 aliphatic carbocycles. The summed E-state index contributed by atoms with van der Waals surface area (Å²) >= 11 is 6.03. The first kappa shape index (κ1) is 23.2. The zero-order valence-electron chi connectivity index (χ0n) is 18.1. The lowest BCUT2D eigenvalue weighted by molar-refractivity contribution is 0.0953. The smallest absolute Gasteiger partial charge is 0.326 e. The van der Waals surface area contributed by atoms with Crippen LogP contribution in [0.15, 0.2) is 72.8 Å². The molecule has 3 aromatic carbocycles. The van der Waals surface area contributed by atoms with Gasteiger partial charge in [0, 0.05) is 35.1 Å². The first-order valence-corrected chi connectivity index (χ1v) is 10.7. The van der Waals surface area contributed by atoms with E-state index in [2.05, 4.69) is 10.6 Å². The molecular weight excluding hydrogens is 426 g/mol. The van der Waals surface area contributed by atoms with Crippen molar-refractivity contribution in [3.63, 3.8) is 0 Å². The largest absolute Gasteiger partial charge is 0.497 e. The van der Waals surface area contributed by atoms with Crippen LogP contribution in [-0.2, 0) is 0 Å². The van der Waals surface area contributed by atoms with Gasteiger partial charge in [0.15, 0.2) is 0 Å². The molecule has 32 heavy (non-hydrogen) atoms. The fourth-order valence-electron chi connectivity index (χ4n) is 3.11. The third-order valence-electron chi connectivity index (χ3n) is 4.86. The van der Waals surface area contributed by atoms with Gasteiger partial charge in [-0.05, 0) is 67.9 Å². The van der Waals surface area contributed by atoms with Gasteiger partial charge in [0.1, 0.15) is 5.75 Å². The predicted molar refractivity (Wildman–Crippen MR) is 129 cm³/mol. The normalized spacial score (nSPS) is 10.3. The number of carbonyl (C=O) groups is 2. The van der Waals surface area contributed by atoms with Crippen LogP contribution in [0.25, 0.3) is 0 Å². The first-order chi connectivity index (χ1) is 15.5. The summed E-state index contributed by atoms with van der Waals surface area (Å²) < 4.78 is 5.21. The second-order valence-electron chi connectivity index (χ2n) is 7.27. The zero-order chi connectivity index (χ0) is 22.9. The van der Waals surface area contributed by atoms with E-state index in [-0.39, 0.29) is 11.9 Å². The van der Waals surface area contributed by atoms with Gasteiger partial charge in [-0.1, -0.05) is 35.4 Å². The van der Waals surface area contributed by atoms with Crippen LogP contribution in [0.1, 0.15) is 22.3 Å². The number of benzene rings is 3. The van der Waals surface area contributed by atoms with E-state index >= 15 is 0 Å². The number of hydrogen-bond donors (Lipinski definition) is 2. The number of urea groups is 1. The Kier molecular flexibility index (Phi) is 8.11. The van der Waals surface area contributed by atoms with Crippen LogP contribution in [0.5, 0.6) is 5.75 Å². The average molecular weight is 452 g/mol. The number of methoxy groups -OCH3 is 1. The fourth-order valence-corrected chi connectivity index (χ4v) is 3.30. The molecule has 2 N–H and O–H groups in total. The topological polar surface area (TPSA) is 70.7 Å². The minimum Gasteiger partial charge on any atom is -0.497 e. The van der Waals surface area contributed by atoms with Crippen LogP contribution in [0.4, 0.5) is 16.2 Å². The average Bonchev–Trinajstić information content (AvgIpc) is 2.79. The molecule has 3 amide bonds. The van der Waals surface area contributed by atoms with E-state index in [1.807, 2.05) is 31.2 Å². The summed E-state index contributed by atoms with van der Waals surface area (Å²) in [5, 5.41) is 6.32. The van der Waals surface area contributed by atoms with Gasteiger partial charge < -0.3 is 15.4 Å². The number of nitrogens with one attached hydrogen (secondary N) is 2. The number of nitrogens with zero attached hydrogens (tertiary/aromatic N) is 1. The summed E-state index contributed by atoms with van der Waals surface area (Å²) in [7, 11) is 1.59. The summed E-state index contributed by atoms with van der Waals surface area (Å²) in [5.74, 6) is 0.568. The number of aryl methyl sites for hydroxylation is 1. The molecule has 0 aliphatic heterocycles. The van der Waals surface area contributed by atoms with Gasteiger partial charge in [0.2, 0.25) is 0 Å². The highest BCUT2D eigenvalue weighted by Gasteiger charge is 2.16. The Bertz CT molecular complexity index is 1050. The van der Waals surface area contributed by atoms with Crippen molar-refractivity contribution >= 4 is 34.9 Å². The Morgan fingerprint density at radius 1 is 1.00 bits per heavy atom. The molecule has 0 unspecified atom stereocenters. The van der Waals surface area contributed by atoms with E-state index in [1.165, 1.54) is 0 Å². The number of amides is 3. The number of hydrogen-bond acceptors (Lipinski definition) is 3. The molecule has 0 heterocycles. The van der Waals surface area contributed by atoms with Crippen LogP contribution in [0.2, 0.25) is 5.02 Å². The minimum atomic E-state index is -0.290. The maximum absolute atomic E-state index is 13.0. The molecule has 0 saturated carbocycles. The molecule has 0 bridgehead atoms. The Morgan fingerprint density at radius 2 is 1.72 bits per heavy atom. The van der Waals surface area contributed by atoms with Gasteiger partial charge in [-0.3, -0.25) is 9.69 Å². The van der Waals surface area contributed by atoms with Crippen LogP contribution >= 0.6 is 11.6 Å². The Hall–Kier alpha value is -3.51. The minimum absolute atomic E-state index is 0.135. The Labute approximate surface area is 193 Å². The molecular formula is C25H26ClN3O3. The molecule has 6 nitrogen and oxygen atoms in total. The highest BCUT2D eigenvalue weighted by atomic mass is 35.5. The van der Waals surface area contributed by atoms with Crippen molar-refractivity contribution in [2.75, 3.05) is 30.4 Å². The lowest BCUT2D eigenvalue weighted by atomic mass is 10.1. The number of halogens is 1. The highest BCUT2D eigenvalue weighted by molar-refractivity contribution is 6.30. The third-order valence-corrected chi connectivity index (χ3v) is 5.10. The number of anilines is 2. The summed E-state index contributed by atoms with van der Waals surface area (Å²) in [6.07, 6.45) is 0.576. The van der Waals surface area contributed by atoms with E-state index in [0.717, 1.165) is 11.3 Å². The van der Waals surface area contributed by atoms with Crippen molar-refractivity contribution in [1.82, 2.24) is 5.32 Å². The summed E-state index contributed by atoms with van der Waals surface area (Å²) in [4.78, 5) is 27.0. The van der Waals surface area contributed by atoms with Crippen LogP contribution in [-0.4, -0.2) is 32.1 Å². The lowest BCUT2D eigenvalue weighted by Gasteiger charge is -2.23. The van der Waals surface area contributed by atoms with Crippen LogP contribution in [0, 0.1) is 6.92 Å². The first-order valence-electron chi connectivity index (χ1n) is 10.3. The van der Waals surface area contributed by atoms with Gasteiger partial charge in [-0.2, -0.15) is 0 Å². The molecule has 0 aliphatic rings. The highest BCUT2D eigenvalue weighted by Crippen LogP contribution is 2.21. The molecule has 3 aromatic rings. The van der Waals surface area contributed by atoms with Gasteiger partial charge in [-0.25, -0.2) is 4.79 Å².